The SMILES string of the molecule is COc1ccc(C(=CCN2CCCC2)c2cccc(/C=C/C(=O)O)c2)cc1. The van der Waals surface area contributed by atoms with Crippen LogP contribution in [0.15, 0.2) is 60.7 Å². The van der Waals surface area contributed by atoms with Crippen molar-refractivity contribution in [2.75, 3.05) is 26.7 Å². The van der Waals surface area contributed by atoms with Crippen LogP contribution in [0, 0.1) is 0 Å². The number of rotatable bonds is 7. The number of likely N-dealkylation sites (tertiary alicyclic amines) is 1. The van der Waals surface area contributed by atoms with Gasteiger partial charge in [0.1, 0.15) is 5.75 Å². The fraction of sp³-hybridized carbons (Fsp3) is 0.261. The first kappa shape index (κ1) is 18.9. The van der Waals surface area contributed by atoms with Crippen molar-refractivity contribution in [2.45, 2.75) is 12.8 Å². The maximum atomic E-state index is 10.8. The Morgan fingerprint density at radius 3 is 2.52 bits per heavy atom. The summed E-state index contributed by atoms with van der Waals surface area (Å²) in [7, 11) is 1.66. The van der Waals surface area contributed by atoms with Crippen LogP contribution in [-0.4, -0.2) is 42.7 Å². The third-order valence-electron chi connectivity index (χ3n) is 4.77. The molecule has 0 bridgehead atoms. The second kappa shape index (κ2) is 9.19. The highest BCUT2D eigenvalue weighted by Crippen LogP contribution is 2.27. The van der Waals surface area contributed by atoms with E-state index >= 15 is 0 Å². The van der Waals surface area contributed by atoms with Crippen molar-refractivity contribution in [2.24, 2.45) is 0 Å². The smallest absolute Gasteiger partial charge is 0.328 e. The summed E-state index contributed by atoms with van der Waals surface area (Å²) < 4.78 is 5.28. The lowest BCUT2D eigenvalue weighted by atomic mass is 9.95. The molecule has 0 aromatic heterocycles. The third-order valence-corrected chi connectivity index (χ3v) is 4.77. The van der Waals surface area contributed by atoms with Crippen LogP contribution in [0.2, 0.25) is 0 Å². The van der Waals surface area contributed by atoms with Gasteiger partial charge in [-0.3, -0.25) is 4.90 Å². The molecule has 4 nitrogen and oxygen atoms in total. The Morgan fingerprint density at radius 1 is 1.11 bits per heavy atom. The van der Waals surface area contributed by atoms with Crippen LogP contribution < -0.4 is 4.74 Å². The monoisotopic (exact) mass is 363 g/mol. The van der Waals surface area contributed by atoms with Gasteiger partial charge >= 0.3 is 5.97 Å². The molecular weight excluding hydrogens is 338 g/mol. The first-order valence-corrected chi connectivity index (χ1v) is 9.24. The van der Waals surface area contributed by atoms with Gasteiger partial charge in [-0.25, -0.2) is 4.79 Å². The number of aliphatic carboxylic acids is 1. The van der Waals surface area contributed by atoms with Crippen molar-refractivity contribution in [1.29, 1.82) is 0 Å². The molecule has 1 heterocycles. The molecule has 0 radical (unpaired) electrons. The molecule has 0 aliphatic carbocycles. The van der Waals surface area contributed by atoms with Gasteiger partial charge in [0.05, 0.1) is 7.11 Å². The Balaban J connectivity index is 1.94. The molecular formula is C23H25NO3. The molecule has 2 aromatic carbocycles. The Bertz CT molecular complexity index is 831. The van der Waals surface area contributed by atoms with E-state index in [1.807, 2.05) is 30.3 Å². The molecule has 0 atom stereocenters. The lowest BCUT2D eigenvalue weighted by molar-refractivity contribution is -0.131. The molecule has 27 heavy (non-hydrogen) atoms. The van der Waals surface area contributed by atoms with Crippen molar-refractivity contribution < 1.29 is 14.6 Å². The molecule has 0 unspecified atom stereocenters. The zero-order valence-corrected chi connectivity index (χ0v) is 15.6. The summed E-state index contributed by atoms with van der Waals surface area (Å²) in [5, 5.41) is 8.87. The summed E-state index contributed by atoms with van der Waals surface area (Å²) >= 11 is 0. The van der Waals surface area contributed by atoms with E-state index in [0.29, 0.717) is 0 Å². The Labute approximate surface area is 160 Å². The topological polar surface area (TPSA) is 49.8 Å². The van der Waals surface area contributed by atoms with Crippen molar-refractivity contribution in [3.63, 3.8) is 0 Å². The molecule has 3 rings (SSSR count). The minimum absolute atomic E-state index is 0.829. The molecule has 4 heteroatoms. The van der Waals surface area contributed by atoms with E-state index in [-0.39, 0.29) is 0 Å². The number of benzene rings is 2. The Kier molecular flexibility index (Phi) is 6.44. The Morgan fingerprint density at radius 2 is 1.85 bits per heavy atom. The van der Waals surface area contributed by atoms with Crippen LogP contribution in [0.4, 0.5) is 0 Å². The predicted octanol–water partition coefficient (Wildman–Crippen LogP) is 4.32. The van der Waals surface area contributed by atoms with Crippen LogP contribution >= 0.6 is 0 Å². The van der Waals surface area contributed by atoms with E-state index in [1.54, 1.807) is 13.2 Å². The molecule has 1 aliphatic rings. The normalized spacial score (nSPS) is 15.4. The molecule has 140 valence electrons. The minimum Gasteiger partial charge on any atom is -0.497 e. The number of carboxylic acids is 1. The van der Waals surface area contributed by atoms with Gasteiger partial charge in [0.25, 0.3) is 0 Å². The predicted molar refractivity (Wildman–Crippen MR) is 109 cm³/mol. The third kappa shape index (κ3) is 5.31. The zero-order valence-electron chi connectivity index (χ0n) is 15.6. The van der Waals surface area contributed by atoms with E-state index < -0.39 is 5.97 Å². The maximum Gasteiger partial charge on any atom is 0.328 e. The average molecular weight is 363 g/mol. The molecule has 0 saturated carbocycles. The van der Waals surface area contributed by atoms with Crippen molar-refractivity contribution in [3.05, 3.63) is 77.4 Å². The van der Waals surface area contributed by atoms with Gasteiger partial charge in [0.15, 0.2) is 0 Å². The van der Waals surface area contributed by atoms with E-state index in [1.165, 1.54) is 18.9 Å². The van der Waals surface area contributed by atoms with Gasteiger partial charge in [-0.15, -0.1) is 0 Å². The number of carboxylic acid groups (broad SMARTS) is 1. The Hall–Kier alpha value is -2.85. The molecule has 1 saturated heterocycles. The number of methoxy groups -OCH3 is 1. The highest BCUT2D eigenvalue weighted by atomic mass is 16.5. The van der Waals surface area contributed by atoms with Crippen LogP contribution in [0.3, 0.4) is 0 Å². The fourth-order valence-corrected chi connectivity index (χ4v) is 3.34. The molecule has 0 spiro atoms. The van der Waals surface area contributed by atoms with Gasteiger partial charge < -0.3 is 9.84 Å². The average Bonchev–Trinajstić information content (AvgIpc) is 3.21. The summed E-state index contributed by atoms with van der Waals surface area (Å²) in [6, 6.07) is 16.0. The second-order valence-electron chi connectivity index (χ2n) is 6.65. The number of hydrogen-bond donors (Lipinski definition) is 1. The standard InChI is InChI=1S/C23H25NO3/c1-27-21-10-8-19(9-11-21)22(13-16-24-14-2-3-15-24)20-6-4-5-18(17-20)7-12-23(25)26/h4-13,17H,2-3,14-16H2,1H3,(H,25,26)/b12-7+,22-13?. The number of nitrogens with zero attached hydrogens (tertiary/aromatic N) is 1. The zero-order chi connectivity index (χ0) is 19.1. The minimum atomic E-state index is -0.944. The van der Waals surface area contributed by atoms with E-state index in [4.69, 9.17) is 9.84 Å². The van der Waals surface area contributed by atoms with E-state index in [0.717, 1.165) is 47.6 Å². The van der Waals surface area contributed by atoms with Crippen molar-refractivity contribution in [1.82, 2.24) is 4.90 Å². The van der Waals surface area contributed by atoms with Crippen LogP contribution in [0.25, 0.3) is 11.6 Å². The molecule has 2 aromatic rings. The molecule has 0 amide bonds. The van der Waals surface area contributed by atoms with E-state index in [9.17, 15) is 4.79 Å². The second-order valence-corrected chi connectivity index (χ2v) is 6.65. The number of ether oxygens (including phenoxy) is 1. The first-order valence-electron chi connectivity index (χ1n) is 9.24. The lowest BCUT2D eigenvalue weighted by Crippen LogP contribution is -2.19. The molecule has 1 aliphatic heterocycles. The van der Waals surface area contributed by atoms with Crippen LogP contribution in [0.1, 0.15) is 29.5 Å². The van der Waals surface area contributed by atoms with E-state index in [2.05, 4.69) is 29.2 Å². The summed E-state index contributed by atoms with van der Waals surface area (Å²) in [5.74, 6) is -0.115. The largest absolute Gasteiger partial charge is 0.497 e. The van der Waals surface area contributed by atoms with Gasteiger partial charge in [0, 0.05) is 12.6 Å². The summed E-state index contributed by atoms with van der Waals surface area (Å²) in [6.45, 7) is 3.21. The highest BCUT2D eigenvalue weighted by Gasteiger charge is 2.12. The van der Waals surface area contributed by atoms with Gasteiger partial charge in [-0.05, 0) is 72.5 Å². The van der Waals surface area contributed by atoms with Gasteiger partial charge in [-0.1, -0.05) is 36.4 Å². The van der Waals surface area contributed by atoms with Crippen molar-refractivity contribution in [3.8, 4) is 5.75 Å². The summed E-state index contributed by atoms with van der Waals surface area (Å²) in [6.07, 6.45) is 7.59. The quantitative estimate of drug-likeness (QED) is 0.744. The van der Waals surface area contributed by atoms with Crippen LogP contribution in [-0.2, 0) is 4.79 Å². The lowest BCUT2D eigenvalue weighted by Gasteiger charge is -2.15. The fourth-order valence-electron chi connectivity index (χ4n) is 3.34. The first-order chi connectivity index (χ1) is 13.2. The summed E-state index contributed by atoms with van der Waals surface area (Å²) in [4.78, 5) is 13.3. The van der Waals surface area contributed by atoms with Crippen LogP contribution in [0.5, 0.6) is 5.75 Å². The molecule has 1 fully saturated rings. The molecule has 1 N–H and O–H groups in total. The maximum absolute atomic E-state index is 10.8. The van der Waals surface area contributed by atoms with Gasteiger partial charge in [0.2, 0.25) is 0 Å². The van der Waals surface area contributed by atoms with Crippen molar-refractivity contribution >= 4 is 17.6 Å². The summed E-state index contributed by atoms with van der Waals surface area (Å²) in [5.41, 5.74) is 4.21. The number of carbonyl (C=O) groups is 1. The highest BCUT2D eigenvalue weighted by molar-refractivity contribution is 5.86. The number of hydrogen-bond acceptors (Lipinski definition) is 3. The van der Waals surface area contributed by atoms with Gasteiger partial charge in [-0.2, -0.15) is 0 Å².